The van der Waals surface area contributed by atoms with E-state index in [2.05, 4.69) is 5.32 Å². The minimum absolute atomic E-state index is 0.0525. The Morgan fingerprint density at radius 1 is 1.43 bits per heavy atom. The Morgan fingerprint density at radius 3 is 2.71 bits per heavy atom. The van der Waals surface area contributed by atoms with Crippen molar-refractivity contribution >= 4 is 11.8 Å². The first-order valence-electron chi connectivity index (χ1n) is 6.97. The first kappa shape index (κ1) is 15.4. The zero-order chi connectivity index (χ0) is 15.4. The van der Waals surface area contributed by atoms with Crippen molar-refractivity contribution in [3.63, 3.8) is 0 Å². The smallest absolute Gasteiger partial charge is 0.237 e. The fraction of sp³-hybridized carbons (Fsp3) is 0.467. The number of carbonyl (C=O) groups is 2. The monoisotopic (exact) mass is 293 g/mol. The van der Waals surface area contributed by atoms with Gasteiger partial charge in [0.2, 0.25) is 11.8 Å². The van der Waals surface area contributed by atoms with Crippen LogP contribution >= 0.6 is 0 Å². The van der Waals surface area contributed by atoms with Gasteiger partial charge in [-0.05, 0) is 24.6 Å². The Labute approximate surface area is 123 Å². The summed E-state index contributed by atoms with van der Waals surface area (Å²) in [6.07, 6.45) is 0. The second-order valence-electron chi connectivity index (χ2n) is 5.29. The second-order valence-corrected chi connectivity index (χ2v) is 5.29. The predicted octanol–water partition coefficient (Wildman–Crippen LogP) is 0.777. The van der Waals surface area contributed by atoms with Gasteiger partial charge in [-0.2, -0.15) is 0 Å². The van der Waals surface area contributed by atoms with Crippen molar-refractivity contribution in [3.05, 3.63) is 35.6 Å². The predicted molar refractivity (Wildman–Crippen MR) is 77.0 cm³/mol. The van der Waals surface area contributed by atoms with Crippen molar-refractivity contribution in [1.29, 1.82) is 0 Å². The first-order valence-corrected chi connectivity index (χ1v) is 6.97. The molecule has 6 heteroatoms. The van der Waals surface area contributed by atoms with Gasteiger partial charge in [0.25, 0.3) is 0 Å². The molecule has 1 aliphatic heterocycles. The molecule has 1 aromatic carbocycles. The molecular weight excluding hydrogens is 273 g/mol. The lowest BCUT2D eigenvalue weighted by Crippen LogP contribution is -2.50. The van der Waals surface area contributed by atoms with Crippen LogP contribution in [-0.2, 0) is 9.59 Å². The number of halogens is 1. The Bertz CT molecular complexity index is 518. The van der Waals surface area contributed by atoms with Gasteiger partial charge >= 0.3 is 0 Å². The number of likely N-dealkylation sites (N-methyl/N-ethyl adjacent to an activating group) is 1. The van der Waals surface area contributed by atoms with Crippen LogP contribution in [0, 0.1) is 5.82 Å². The zero-order valence-corrected chi connectivity index (χ0v) is 12.3. The van der Waals surface area contributed by atoms with E-state index >= 15 is 0 Å². The largest absolute Gasteiger partial charge is 0.354 e. The SMILES string of the molecule is CC(c1ccc(F)cc1)N(C)C(=O)CN1CCNC(=O)C1. The van der Waals surface area contributed by atoms with Gasteiger partial charge in [-0.25, -0.2) is 4.39 Å². The summed E-state index contributed by atoms with van der Waals surface area (Å²) in [4.78, 5) is 27.0. The van der Waals surface area contributed by atoms with E-state index in [0.29, 0.717) is 13.1 Å². The molecule has 1 N–H and O–H groups in total. The van der Waals surface area contributed by atoms with Crippen molar-refractivity contribution < 1.29 is 14.0 Å². The standard InChI is InChI=1S/C15H20FN3O2/c1-11(12-3-5-13(16)6-4-12)18(2)15(21)10-19-8-7-17-14(20)9-19/h3-6,11H,7-10H2,1-2H3,(H,17,20). The molecule has 2 amide bonds. The van der Waals surface area contributed by atoms with Crippen LogP contribution in [0.5, 0.6) is 0 Å². The van der Waals surface area contributed by atoms with Crippen LogP contribution in [0.25, 0.3) is 0 Å². The average Bonchev–Trinajstić information content (AvgIpc) is 2.46. The maximum atomic E-state index is 12.9. The molecule has 1 heterocycles. The van der Waals surface area contributed by atoms with Gasteiger partial charge in [-0.3, -0.25) is 14.5 Å². The van der Waals surface area contributed by atoms with Crippen LogP contribution in [0.15, 0.2) is 24.3 Å². The Kier molecular flexibility index (Phi) is 4.90. The van der Waals surface area contributed by atoms with E-state index in [-0.39, 0.29) is 36.8 Å². The second kappa shape index (κ2) is 6.67. The summed E-state index contributed by atoms with van der Waals surface area (Å²) < 4.78 is 12.9. The third kappa shape index (κ3) is 4.01. The molecule has 1 saturated heterocycles. The third-order valence-electron chi connectivity index (χ3n) is 3.80. The van der Waals surface area contributed by atoms with Gasteiger partial charge in [-0.1, -0.05) is 12.1 Å². The summed E-state index contributed by atoms with van der Waals surface area (Å²) in [5.74, 6) is -0.399. The number of rotatable bonds is 4. The maximum absolute atomic E-state index is 12.9. The van der Waals surface area contributed by atoms with Gasteiger partial charge in [0, 0.05) is 20.1 Å². The molecule has 0 bridgehead atoms. The van der Waals surface area contributed by atoms with Crippen molar-refractivity contribution in [2.75, 3.05) is 33.2 Å². The molecule has 0 saturated carbocycles. The molecule has 0 spiro atoms. The van der Waals surface area contributed by atoms with Crippen molar-refractivity contribution in [3.8, 4) is 0 Å². The minimum Gasteiger partial charge on any atom is -0.354 e. The first-order chi connectivity index (χ1) is 9.97. The van der Waals surface area contributed by atoms with E-state index in [1.165, 1.54) is 12.1 Å². The van der Waals surface area contributed by atoms with Gasteiger partial charge in [0.15, 0.2) is 0 Å². The van der Waals surface area contributed by atoms with Crippen LogP contribution in [-0.4, -0.2) is 54.8 Å². The average molecular weight is 293 g/mol. The lowest BCUT2D eigenvalue weighted by molar-refractivity contribution is -0.134. The van der Waals surface area contributed by atoms with E-state index in [4.69, 9.17) is 0 Å². The third-order valence-corrected chi connectivity index (χ3v) is 3.80. The van der Waals surface area contributed by atoms with Gasteiger partial charge < -0.3 is 10.2 Å². The highest BCUT2D eigenvalue weighted by Gasteiger charge is 2.23. The van der Waals surface area contributed by atoms with E-state index in [1.807, 2.05) is 11.8 Å². The Hall–Kier alpha value is -1.95. The number of nitrogens with zero attached hydrogens (tertiary/aromatic N) is 2. The fourth-order valence-corrected chi connectivity index (χ4v) is 2.31. The van der Waals surface area contributed by atoms with E-state index in [9.17, 15) is 14.0 Å². The van der Waals surface area contributed by atoms with Crippen LogP contribution in [0.4, 0.5) is 4.39 Å². The Morgan fingerprint density at radius 2 is 2.10 bits per heavy atom. The number of benzene rings is 1. The molecule has 1 unspecified atom stereocenters. The normalized spacial score (nSPS) is 17.2. The summed E-state index contributed by atoms with van der Waals surface area (Å²) in [5, 5.41) is 2.73. The van der Waals surface area contributed by atoms with E-state index in [0.717, 1.165) is 5.56 Å². The number of carbonyl (C=O) groups excluding carboxylic acids is 2. The molecule has 0 radical (unpaired) electrons. The molecule has 2 rings (SSSR count). The number of hydrogen-bond acceptors (Lipinski definition) is 3. The van der Waals surface area contributed by atoms with Crippen molar-refractivity contribution in [2.45, 2.75) is 13.0 Å². The molecule has 1 fully saturated rings. The lowest BCUT2D eigenvalue weighted by Gasteiger charge is -2.30. The molecule has 5 nitrogen and oxygen atoms in total. The summed E-state index contributed by atoms with van der Waals surface area (Å²) >= 11 is 0. The van der Waals surface area contributed by atoms with Gasteiger partial charge in [0.1, 0.15) is 5.82 Å². The number of nitrogens with one attached hydrogen (secondary N) is 1. The summed E-state index contributed by atoms with van der Waals surface area (Å²) in [6.45, 7) is 3.62. The molecule has 114 valence electrons. The molecular formula is C15H20FN3O2. The highest BCUT2D eigenvalue weighted by atomic mass is 19.1. The topological polar surface area (TPSA) is 52.7 Å². The van der Waals surface area contributed by atoms with Crippen LogP contribution in [0.3, 0.4) is 0 Å². The highest BCUT2D eigenvalue weighted by molar-refractivity contribution is 5.82. The number of piperazine rings is 1. The lowest BCUT2D eigenvalue weighted by atomic mass is 10.1. The van der Waals surface area contributed by atoms with Crippen LogP contribution < -0.4 is 5.32 Å². The molecule has 1 atom stereocenters. The Balaban J connectivity index is 1.94. The van der Waals surface area contributed by atoms with Crippen LogP contribution in [0.1, 0.15) is 18.5 Å². The van der Waals surface area contributed by atoms with Crippen molar-refractivity contribution in [1.82, 2.24) is 15.1 Å². The van der Waals surface area contributed by atoms with Gasteiger partial charge in [0.05, 0.1) is 19.1 Å². The van der Waals surface area contributed by atoms with Crippen molar-refractivity contribution in [2.24, 2.45) is 0 Å². The van der Waals surface area contributed by atoms with E-state index in [1.54, 1.807) is 24.1 Å². The molecule has 1 aliphatic rings. The fourth-order valence-electron chi connectivity index (χ4n) is 2.31. The van der Waals surface area contributed by atoms with E-state index < -0.39 is 0 Å². The summed E-state index contributed by atoms with van der Waals surface area (Å²) in [6, 6.07) is 5.99. The highest BCUT2D eigenvalue weighted by Crippen LogP contribution is 2.19. The minimum atomic E-state index is -0.292. The van der Waals surface area contributed by atoms with Gasteiger partial charge in [-0.15, -0.1) is 0 Å². The number of hydrogen-bond donors (Lipinski definition) is 1. The molecule has 1 aromatic rings. The summed E-state index contributed by atoms with van der Waals surface area (Å²) in [5.41, 5.74) is 0.878. The molecule has 0 aliphatic carbocycles. The van der Waals surface area contributed by atoms with Crippen LogP contribution in [0.2, 0.25) is 0 Å². The molecule has 0 aromatic heterocycles. The number of amides is 2. The quantitative estimate of drug-likeness (QED) is 0.892. The molecule has 21 heavy (non-hydrogen) atoms. The maximum Gasteiger partial charge on any atom is 0.237 e. The summed E-state index contributed by atoms with van der Waals surface area (Å²) in [7, 11) is 1.72. The zero-order valence-electron chi connectivity index (χ0n) is 12.3.